The van der Waals surface area contributed by atoms with Crippen LogP contribution in [0.4, 0.5) is 0 Å². The van der Waals surface area contributed by atoms with Crippen molar-refractivity contribution in [3.05, 3.63) is 64.7 Å². The van der Waals surface area contributed by atoms with Crippen LogP contribution in [0.1, 0.15) is 35.7 Å². The first-order chi connectivity index (χ1) is 15.0. The molecule has 0 N–H and O–H groups in total. The van der Waals surface area contributed by atoms with Gasteiger partial charge in [0.1, 0.15) is 0 Å². The van der Waals surface area contributed by atoms with Crippen LogP contribution in [-0.4, -0.2) is 63.1 Å². The first kappa shape index (κ1) is 24.7. The number of benzene rings is 2. The normalized spacial score (nSPS) is 18.1. The summed E-state index contributed by atoms with van der Waals surface area (Å²) in [6.45, 7) is 2.43. The predicted molar refractivity (Wildman–Crippen MR) is 125 cm³/mol. The highest BCUT2D eigenvalue weighted by Crippen LogP contribution is 2.27. The number of sulfonamides is 1. The van der Waals surface area contributed by atoms with Crippen molar-refractivity contribution in [1.82, 2.24) is 9.21 Å². The average Bonchev–Trinajstić information content (AvgIpc) is 3.11. The van der Waals surface area contributed by atoms with E-state index in [0.717, 1.165) is 5.56 Å². The lowest BCUT2D eigenvalue weighted by atomic mass is 10.1. The van der Waals surface area contributed by atoms with E-state index in [-0.39, 0.29) is 33.5 Å². The minimum atomic E-state index is -3.88. The lowest BCUT2D eigenvalue weighted by Gasteiger charge is -2.28. The molecule has 0 unspecified atom stereocenters. The van der Waals surface area contributed by atoms with Crippen molar-refractivity contribution < 1.29 is 21.6 Å². The van der Waals surface area contributed by atoms with E-state index in [0.29, 0.717) is 19.4 Å². The first-order valence-corrected chi connectivity index (χ1v) is 14.0. The zero-order chi connectivity index (χ0) is 23.5. The van der Waals surface area contributed by atoms with Gasteiger partial charge in [0.2, 0.25) is 10.0 Å². The molecule has 0 saturated carbocycles. The Morgan fingerprint density at radius 1 is 1.16 bits per heavy atom. The van der Waals surface area contributed by atoms with Crippen molar-refractivity contribution in [1.29, 1.82) is 0 Å². The van der Waals surface area contributed by atoms with Crippen LogP contribution < -0.4 is 0 Å². The van der Waals surface area contributed by atoms with Crippen molar-refractivity contribution in [3.63, 3.8) is 0 Å². The summed E-state index contributed by atoms with van der Waals surface area (Å²) in [6.07, 6.45) is 1.00. The molecular formula is C22H27ClN2O5S2. The van der Waals surface area contributed by atoms with Gasteiger partial charge in [-0.15, -0.1) is 0 Å². The Labute approximate surface area is 195 Å². The molecule has 3 rings (SSSR count). The lowest BCUT2D eigenvalue weighted by Crippen LogP contribution is -2.41. The highest BCUT2D eigenvalue weighted by Gasteiger charge is 2.35. The Morgan fingerprint density at radius 2 is 1.84 bits per heavy atom. The number of carbonyl (C=O) groups excluding carboxylic acids is 1. The van der Waals surface area contributed by atoms with Crippen LogP contribution in [0.2, 0.25) is 5.02 Å². The van der Waals surface area contributed by atoms with Crippen LogP contribution >= 0.6 is 11.6 Å². The van der Waals surface area contributed by atoms with Crippen LogP contribution in [0.25, 0.3) is 0 Å². The smallest absolute Gasteiger partial charge is 0.255 e. The van der Waals surface area contributed by atoms with E-state index in [4.69, 9.17) is 11.6 Å². The largest absolute Gasteiger partial charge is 0.335 e. The number of rotatable bonds is 8. The van der Waals surface area contributed by atoms with Gasteiger partial charge in [0.25, 0.3) is 5.91 Å². The molecule has 0 bridgehead atoms. The number of sulfone groups is 1. The topological polar surface area (TPSA) is 91.8 Å². The molecule has 174 valence electrons. The highest BCUT2D eigenvalue weighted by molar-refractivity contribution is 7.91. The maximum Gasteiger partial charge on any atom is 0.255 e. The fourth-order valence-electron chi connectivity index (χ4n) is 3.80. The summed E-state index contributed by atoms with van der Waals surface area (Å²) < 4.78 is 51.4. The number of halogens is 1. The summed E-state index contributed by atoms with van der Waals surface area (Å²) >= 11 is 6.28. The van der Waals surface area contributed by atoms with Crippen molar-refractivity contribution in [3.8, 4) is 0 Å². The van der Waals surface area contributed by atoms with Crippen LogP contribution in [0.3, 0.4) is 0 Å². The first-order valence-electron chi connectivity index (χ1n) is 10.4. The van der Waals surface area contributed by atoms with E-state index in [1.165, 1.54) is 34.5 Å². The van der Waals surface area contributed by atoms with E-state index in [1.807, 2.05) is 37.3 Å². The molecule has 2 aromatic carbocycles. The zero-order valence-electron chi connectivity index (χ0n) is 18.1. The molecule has 1 aliphatic heterocycles. The summed E-state index contributed by atoms with van der Waals surface area (Å²) in [5.41, 5.74) is 0.888. The van der Waals surface area contributed by atoms with Crippen molar-refractivity contribution in [2.45, 2.75) is 37.2 Å². The van der Waals surface area contributed by atoms with Crippen LogP contribution in [-0.2, 0) is 26.4 Å². The number of amides is 1. The van der Waals surface area contributed by atoms with Crippen LogP contribution in [0.15, 0.2) is 53.4 Å². The van der Waals surface area contributed by atoms with E-state index in [9.17, 15) is 21.6 Å². The van der Waals surface area contributed by atoms with E-state index in [2.05, 4.69) is 0 Å². The molecule has 1 heterocycles. The molecule has 7 nitrogen and oxygen atoms in total. The maximum absolute atomic E-state index is 13.3. The number of hydrogen-bond acceptors (Lipinski definition) is 5. The van der Waals surface area contributed by atoms with E-state index < -0.39 is 31.8 Å². The lowest BCUT2D eigenvalue weighted by molar-refractivity contribution is 0.0697. The van der Waals surface area contributed by atoms with Crippen molar-refractivity contribution in [2.24, 2.45) is 0 Å². The fourth-order valence-corrected chi connectivity index (χ4v) is 6.92. The monoisotopic (exact) mass is 498 g/mol. The molecule has 32 heavy (non-hydrogen) atoms. The molecular weight excluding hydrogens is 472 g/mol. The third kappa shape index (κ3) is 5.51. The summed E-state index contributed by atoms with van der Waals surface area (Å²) in [4.78, 5) is 14.8. The Balaban J connectivity index is 1.90. The van der Waals surface area contributed by atoms with Gasteiger partial charge in [-0.3, -0.25) is 4.79 Å². The van der Waals surface area contributed by atoms with Crippen LogP contribution in [0, 0.1) is 0 Å². The predicted octanol–water partition coefficient (Wildman–Crippen LogP) is 3.20. The standard InChI is InChI=1S/C22H27ClN2O5S2/c1-3-12-25(18-11-13-31(27,28)16-18)22(26)20-14-19(9-10-21(20)23)32(29,30)24(2)15-17-7-5-4-6-8-17/h4-10,14,18H,3,11-13,15-16H2,1-2H3/t18-/m1/s1. The van der Waals surface area contributed by atoms with Gasteiger partial charge in [0.05, 0.1) is 27.0 Å². The summed E-state index contributed by atoms with van der Waals surface area (Å²) in [6, 6.07) is 12.8. The molecule has 10 heteroatoms. The SMILES string of the molecule is CCCN(C(=O)c1cc(S(=O)(=O)N(C)Cc2ccccc2)ccc1Cl)[C@@H]1CCS(=O)(=O)C1. The van der Waals surface area contributed by atoms with Gasteiger partial charge in [0.15, 0.2) is 9.84 Å². The Morgan fingerprint density at radius 3 is 2.44 bits per heavy atom. The van der Waals surface area contributed by atoms with Crippen molar-refractivity contribution >= 4 is 37.4 Å². The molecule has 1 atom stereocenters. The Bertz CT molecular complexity index is 1180. The van der Waals surface area contributed by atoms with Crippen LogP contribution in [0.5, 0.6) is 0 Å². The quantitative estimate of drug-likeness (QED) is 0.557. The van der Waals surface area contributed by atoms with Gasteiger partial charge in [-0.2, -0.15) is 4.31 Å². The van der Waals surface area contributed by atoms with Gasteiger partial charge in [-0.25, -0.2) is 16.8 Å². The second-order valence-corrected chi connectivity index (χ2v) is 12.6. The second kappa shape index (κ2) is 9.91. The molecule has 1 aliphatic rings. The average molecular weight is 499 g/mol. The summed E-state index contributed by atoms with van der Waals surface area (Å²) in [5.74, 6) is -0.507. The highest BCUT2D eigenvalue weighted by atomic mass is 35.5. The van der Waals surface area contributed by atoms with Gasteiger partial charge in [-0.05, 0) is 36.6 Å². The molecule has 0 radical (unpaired) electrons. The summed E-state index contributed by atoms with van der Waals surface area (Å²) in [7, 11) is -5.59. The zero-order valence-corrected chi connectivity index (χ0v) is 20.5. The number of hydrogen-bond donors (Lipinski definition) is 0. The molecule has 1 fully saturated rings. The van der Waals surface area contributed by atoms with E-state index >= 15 is 0 Å². The number of carbonyl (C=O) groups is 1. The minimum absolute atomic E-state index is 0.0393. The minimum Gasteiger partial charge on any atom is -0.335 e. The van der Waals surface area contributed by atoms with Crippen molar-refractivity contribution in [2.75, 3.05) is 25.1 Å². The molecule has 0 spiro atoms. The Hall–Kier alpha value is -1.94. The molecule has 0 aromatic heterocycles. The van der Waals surface area contributed by atoms with E-state index in [1.54, 1.807) is 0 Å². The molecule has 1 amide bonds. The Kier molecular flexibility index (Phi) is 7.65. The molecule has 2 aromatic rings. The van der Waals surface area contributed by atoms with Gasteiger partial charge in [-0.1, -0.05) is 48.9 Å². The number of nitrogens with zero attached hydrogens (tertiary/aromatic N) is 2. The summed E-state index contributed by atoms with van der Waals surface area (Å²) in [5, 5.41) is 0.126. The molecule has 1 saturated heterocycles. The second-order valence-electron chi connectivity index (χ2n) is 7.94. The van der Waals surface area contributed by atoms with Gasteiger partial charge >= 0.3 is 0 Å². The molecule has 0 aliphatic carbocycles. The van der Waals surface area contributed by atoms with Gasteiger partial charge < -0.3 is 4.90 Å². The van der Waals surface area contributed by atoms with Gasteiger partial charge in [0, 0.05) is 26.2 Å². The third-order valence-electron chi connectivity index (χ3n) is 5.50. The third-order valence-corrected chi connectivity index (χ3v) is 9.38. The fraction of sp³-hybridized carbons (Fsp3) is 0.409. The maximum atomic E-state index is 13.3.